The van der Waals surface area contributed by atoms with Crippen LogP contribution in [0.5, 0.6) is 5.75 Å². The van der Waals surface area contributed by atoms with Crippen LogP contribution in [0.1, 0.15) is 17.0 Å². The Hall–Kier alpha value is -3.58. The quantitative estimate of drug-likeness (QED) is 0.359. The molecular formula is C26H26N4O2S. The van der Waals surface area contributed by atoms with Crippen LogP contribution >= 0.6 is 11.8 Å². The van der Waals surface area contributed by atoms with Crippen molar-refractivity contribution in [2.45, 2.75) is 18.0 Å². The zero-order valence-electron chi connectivity index (χ0n) is 18.5. The highest BCUT2D eigenvalue weighted by Crippen LogP contribution is 2.29. The molecule has 0 aliphatic heterocycles. The van der Waals surface area contributed by atoms with Gasteiger partial charge in [-0.15, -0.1) is 10.2 Å². The van der Waals surface area contributed by atoms with Crippen molar-refractivity contribution in [1.82, 2.24) is 20.1 Å². The Bertz CT molecular complexity index is 1180. The molecule has 0 unspecified atom stereocenters. The first-order chi connectivity index (χ1) is 16.2. The lowest BCUT2D eigenvalue weighted by Gasteiger charge is -2.14. The van der Waals surface area contributed by atoms with Gasteiger partial charge in [0, 0.05) is 13.0 Å². The van der Waals surface area contributed by atoms with Gasteiger partial charge in [0.15, 0.2) is 5.16 Å². The van der Waals surface area contributed by atoms with Crippen molar-refractivity contribution >= 4 is 17.7 Å². The molecule has 6 nitrogen and oxygen atoms in total. The number of carbonyl (C=O) groups excluding carboxylic acids is 1. The Labute approximate surface area is 198 Å². The van der Waals surface area contributed by atoms with Gasteiger partial charge in [-0.1, -0.05) is 84.6 Å². The monoisotopic (exact) mass is 458 g/mol. The van der Waals surface area contributed by atoms with Gasteiger partial charge < -0.3 is 10.1 Å². The Kier molecular flexibility index (Phi) is 7.76. The van der Waals surface area contributed by atoms with Crippen molar-refractivity contribution in [3.05, 3.63) is 102 Å². The molecule has 0 aliphatic rings. The van der Waals surface area contributed by atoms with Crippen LogP contribution in [0, 0.1) is 0 Å². The Morgan fingerprint density at radius 2 is 1.58 bits per heavy atom. The Balaban J connectivity index is 1.48. The molecule has 4 aromatic rings. The first kappa shape index (κ1) is 22.6. The zero-order chi connectivity index (χ0) is 22.9. The van der Waals surface area contributed by atoms with Crippen LogP contribution in [0.4, 0.5) is 0 Å². The molecular weight excluding hydrogens is 432 g/mol. The highest BCUT2D eigenvalue weighted by atomic mass is 32.2. The van der Waals surface area contributed by atoms with Crippen molar-refractivity contribution in [3.8, 4) is 11.4 Å². The van der Waals surface area contributed by atoms with Crippen LogP contribution in [0.3, 0.4) is 0 Å². The van der Waals surface area contributed by atoms with Crippen LogP contribution in [0.15, 0.2) is 90.1 Å². The normalized spacial score (nSPS) is 10.7. The number of rotatable bonds is 10. The van der Waals surface area contributed by atoms with Gasteiger partial charge in [-0.05, 0) is 29.7 Å². The van der Waals surface area contributed by atoms with Crippen LogP contribution in [0.2, 0.25) is 0 Å². The third-order valence-electron chi connectivity index (χ3n) is 5.14. The van der Waals surface area contributed by atoms with Crippen LogP contribution in [-0.2, 0) is 17.6 Å². The van der Waals surface area contributed by atoms with Gasteiger partial charge in [0.2, 0.25) is 5.91 Å². The molecule has 3 aromatic carbocycles. The molecule has 4 rings (SSSR count). The molecule has 0 aliphatic carbocycles. The van der Waals surface area contributed by atoms with E-state index in [0.717, 1.165) is 29.2 Å². The second-order valence-corrected chi connectivity index (χ2v) is 8.39. The lowest BCUT2D eigenvalue weighted by Crippen LogP contribution is -2.27. The molecule has 0 saturated heterocycles. The average Bonchev–Trinajstić information content (AvgIpc) is 3.26. The summed E-state index contributed by atoms with van der Waals surface area (Å²) in [6.07, 6.45) is 1.42. The minimum atomic E-state index is -0.0323. The molecule has 0 bridgehead atoms. The summed E-state index contributed by atoms with van der Waals surface area (Å²) < 4.78 is 7.57. The first-order valence-corrected chi connectivity index (χ1v) is 11.8. The number of amides is 1. The van der Waals surface area contributed by atoms with E-state index < -0.39 is 0 Å². The summed E-state index contributed by atoms with van der Waals surface area (Å²) in [5, 5.41) is 12.5. The third kappa shape index (κ3) is 6.02. The van der Waals surface area contributed by atoms with Crippen molar-refractivity contribution in [1.29, 1.82) is 0 Å². The smallest absolute Gasteiger partial charge is 0.230 e. The van der Waals surface area contributed by atoms with E-state index in [9.17, 15) is 4.79 Å². The van der Waals surface area contributed by atoms with Gasteiger partial charge in [0.25, 0.3) is 0 Å². The van der Waals surface area contributed by atoms with E-state index in [4.69, 9.17) is 4.74 Å². The number of thioether (sulfide) groups is 1. The number of ether oxygens (including phenoxy) is 1. The number of nitrogens with one attached hydrogen (secondary N) is 1. The molecule has 0 atom stereocenters. The molecule has 1 N–H and O–H groups in total. The van der Waals surface area contributed by atoms with Gasteiger partial charge in [-0.2, -0.15) is 0 Å². The predicted molar refractivity (Wildman–Crippen MR) is 131 cm³/mol. The predicted octanol–water partition coefficient (Wildman–Crippen LogP) is 4.32. The molecule has 168 valence electrons. The van der Waals surface area contributed by atoms with E-state index in [0.29, 0.717) is 18.1 Å². The van der Waals surface area contributed by atoms with E-state index in [2.05, 4.69) is 39.8 Å². The van der Waals surface area contributed by atoms with Gasteiger partial charge in [0.05, 0.1) is 18.6 Å². The summed E-state index contributed by atoms with van der Waals surface area (Å²) >= 11 is 1.37. The Morgan fingerprint density at radius 3 is 2.30 bits per heavy atom. The summed E-state index contributed by atoms with van der Waals surface area (Å²) in [5.74, 6) is 1.74. The molecule has 0 fully saturated rings. The fourth-order valence-electron chi connectivity index (χ4n) is 3.52. The minimum absolute atomic E-state index is 0.0323. The van der Waals surface area contributed by atoms with Crippen molar-refractivity contribution in [2.75, 3.05) is 19.4 Å². The van der Waals surface area contributed by atoms with E-state index in [-0.39, 0.29) is 11.7 Å². The van der Waals surface area contributed by atoms with Crippen LogP contribution < -0.4 is 10.1 Å². The van der Waals surface area contributed by atoms with Crippen LogP contribution in [0.25, 0.3) is 5.69 Å². The summed E-state index contributed by atoms with van der Waals surface area (Å²) in [6.45, 7) is 0.599. The van der Waals surface area contributed by atoms with E-state index in [1.54, 1.807) is 7.11 Å². The molecule has 1 heterocycles. The lowest BCUT2D eigenvalue weighted by molar-refractivity contribution is -0.118. The molecule has 7 heteroatoms. The number of hydrogen-bond acceptors (Lipinski definition) is 5. The number of hydrogen-bond donors (Lipinski definition) is 1. The maximum Gasteiger partial charge on any atom is 0.230 e. The second-order valence-electron chi connectivity index (χ2n) is 7.44. The standard InChI is InChI=1S/C26H26N4O2S/c1-32-23-15-9-8-14-22(23)30-24(18-21-12-6-3-7-13-21)28-29-26(30)33-19-25(31)27-17-16-20-10-4-2-5-11-20/h2-15H,16-19H2,1H3,(H,27,31). The minimum Gasteiger partial charge on any atom is -0.495 e. The summed E-state index contributed by atoms with van der Waals surface area (Å²) in [7, 11) is 1.65. The molecule has 0 radical (unpaired) electrons. The van der Waals surface area contributed by atoms with E-state index in [1.807, 2.05) is 65.2 Å². The largest absolute Gasteiger partial charge is 0.495 e. The third-order valence-corrected chi connectivity index (χ3v) is 6.07. The Morgan fingerprint density at radius 1 is 0.909 bits per heavy atom. The summed E-state index contributed by atoms with van der Waals surface area (Å²) in [4.78, 5) is 12.5. The average molecular weight is 459 g/mol. The fraction of sp³-hybridized carbons (Fsp3) is 0.192. The maximum absolute atomic E-state index is 12.5. The number of nitrogens with zero attached hydrogens (tertiary/aromatic N) is 3. The molecule has 0 saturated carbocycles. The number of carbonyl (C=O) groups is 1. The number of methoxy groups -OCH3 is 1. The van der Waals surface area contributed by atoms with Gasteiger partial charge >= 0.3 is 0 Å². The highest BCUT2D eigenvalue weighted by molar-refractivity contribution is 7.99. The number of para-hydroxylation sites is 2. The molecule has 33 heavy (non-hydrogen) atoms. The highest BCUT2D eigenvalue weighted by Gasteiger charge is 2.18. The SMILES string of the molecule is COc1ccccc1-n1c(Cc2ccccc2)nnc1SCC(=O)NCCc1ccccc1. The van der Waals surface area contributed by atoms with Crippen molar-refractivity contribution in [3.63, 3.8) is 0 Å². The molecule has 1 aromatic heterocycles. The second kappa shape index (κ2) is 11.3. The summed E-state index contributed by atoms with van der Waals surface area (Å²) in [5.41, 5.74) is 3.19. The van der Waals surface area contributed by atoms with E-state index in [1.165, 1.54) is 17.3 Å². The molecule has 0 spiro atoms. The van der Waals surface area contributed by atoms with Crippen molar-refractivity contribution in [2.24, 2.45) is 0 Å². The number of aromatic nitrogens is 3. The number of benzene rings is 3. The van der Waals surface area contributed by atoms with Gasteiger partial charge in [-0.3, -0.25) is 9.36 Å². The lowest BCUT2D eigenvalue weighted by atomic mass is 10.1. The van der Waals surface area contributed by atoms with Gasteiger partial charge in [-0.25, -0.2) is 0 Å². The topological polar surface area (TPSA) is 69.0 Å². The summed E-state index contributed by atoms with van der Waals surface area (Å²) in [6, 6.07) is 28.0. The van der Waals surface area contributed by atoms with Crippen molar-refractivity contribution < 1.29 is 9.53 Å². The fourth-order valence-corrected chi connectivity index (χ4v) is 4.31. The zero-order valence-corrected chi connectivity index (χ0v) is 19.3. The maximum atomic E-state index is 12.5. The van der Waals surface area contributed by atoms with E-state index >= 15 is 0 Å². The van der Waals surface area contributed by atoms with Crippen LogP contribution in [-0.4, -0.2) is 40.1 Å². The molecule has 1 amide bonds. The van der Waals surface area contributed by atoms with Gasteiger partial charge in [0.1, 0.15) is 11.6 Å². The first-order valence-electron chi connectivity index (χ1n) is 10.8.